The van der Waals surface area contributed by atoms with E-state index >= 15 is 0 Å². The minimum atomic E-state index is 0.0451. The van der Waals surface area contributed by atoms with Gasteiger partial charge in [0.1, 0.15) is 0 Å². The lowest BCUT2D eigenvalue weighted by Crippen LogP contribution is -2.15. The number of rotatable bonds is 3. The van der Waals surface area contributed by atoms with Gasteiger partial charge >= 0.3 is 0 Å². The molecule has 1 aromatic rings. The van der Waals surface area contributed by atoms with E-state index in [2.05, 4.69) is 19.0 Å². The van der Waals surface area contributed by atoms with Crippen LogP contribution >= 0.6 is 23.4 Å². The Hall–Kier alpha value is -0.870. The summed E-state index contributed by atoms with van der Waals surface area (Å²) in [6, 6.07) is 5.48. The lowest BCUT2D eigenvalue weighted by Gasteiger charge is -2.11. The molecule has 0 aliphatic rings. The van der Waals surface area contributed by atoms with Gasteiger partial charge in [-0.2, -0.15) is 0 Å². The maximum Gasteiger partial charge on any atom is 0.172 e. The number of hydrogen-bond donors (Lipinski definition) is 2. The Labute approximate surface area is 98.3 Å². The molecule has 1 aromatic carbocycles. The van der Waals surface area contributed by atoms with Gasteiger partial charge in [-0.15, -0.1) is 11.8 Å². The van der Waals surface area contributed by atoms with Crippen LogP contribution in [0.4, 0.5) is 0 Å². The van der Waals surface area contributed by atoms with Crippen LogP contribution in [0.3, 0.4) is 0 Å². The van der Waals surface area contributed by atoms with Crippen molar-refractivity contribution >= 4 is 29.2 Å². The van der Waals surface area contributed by atoms with Crippen molar-refractivity contribution in [2.75, 3.05) is 0 Å². The fraction of sp³-hybridized carbons (Fsp3) is 0.300. The molecule has 5 heteroatoms. The summed E-state index contributed by atoms with van der Waals surface area (Å²) in [5.41, 5.74) is 6.17. The number of nitrogens with two attached hydrogens (primary N) is 1. The predicted molar refractivity (Wildman–Crippen MR) is 65.0 cm³/mol. The third kappa shape index (κ3) is 3.04. The average molecular weight is 245 g/mol. The van der Waals surface area contributed by atoms with E-state index in [9.17, 15) is 0 Å². The summed E-state index contributed by atoms with van der Waals surface area (Å²) in [6.07, 6.45) is 0. The molecule has 0 radical (unpaired) electrons. The molecule has 0 aliphatic carbocycles. The van der Waals surface area contributed by atoms with Crippen molar-refractivity contribution in [3.05, 3.63) is 28.8 Å². The lowest BCUT2D eigenvalue weighted by atomic mass is 10.2. The Balaban J connectivity index is 3.20. The summed E-state index contributed by atoms with van der Waals surface area (Å²) in [7, 11) is 0. The highest BCUT2D eigenvalue weighted by molar-refractivity contribution is 8.00. The van der Waals surface area contributed by atoms with E-state index in [1.165, 1.54) is 0 Å². The number of nitrogens with zero attached hydrogens (tertiary/aromatic N) is 1. The molecule has 3 nitrogen and oxygen atoms in total. The molecule has 15 heavy (non-hydrogen) atoms. The van der Waals surface area contributed by atoms with E-state index < -0.39 is 0 Å². The zero-order valence-corrected chi connectivity index (χ0v) is 10.1. The van der Waals surface area contributed by atoms with E-state index in [1.807, 2.05) is 12.1 Å². The van der Waals surface area contributed by atoms with Crippen molar-refractivity contribution in [3.63, 3.8) is 0 Å². The topological polar surface area (TPSA) is 58.6 Å². The van der Waals surface area contributed by atoms with Crippen LogP contribution in [0, 0.1) is 0 Å². The van der Waals surface area contributed by atoms with Gasteiger partial charge in [0.2, 0.25) is 0 Å². The second kappa shape index (κ2) is 5.28. The van der Waals surface area contributed by atoms with Gasteiger partial charge < -0.3 is 10.9 Å². The predicted octanol–water partition coefficient (Wildman–Crippen LogP) is 2.94. The van der Waals surface area contributed by atoms with E-state index in [4.69, 9.17) is 22.5 Å². The normalized spacial score (nSPS) is 12.1. The molecule has 0 heterocycles. The van der Waals surface area contributed by atoms with Gasteiger partial charge in [-0.1, -0.05) is 36.7 Å². The Morgan fingerprint density at radius 1 is 1.53 bits per heavy atom. The van der Waals surface area contributed by atoms with Gasteiger partial charge in [-0.25, -0.2) is 0 Å². The molecule has 0 saturated carbocycles. The summed E-state index contributed by atoms with van der Waals surface area (Å²) in [6.45, 7) is 4.14. The van der Waals surface area contributed by atoms with Gasteiger partial charge in [0.25, 0.3) is 0 Å². The summed E-state index contributed by atoms with van der Waals surface area (Å²) in [5.74, 6) is 0.0451. The van der Waals surface area contributed by atoms with E-state index in [-0.39, 0.29) is 5.84 Å². The van der Waals surface area contributed by atoms with Crippen molar-refractivity contribution in [2.24, 2.45) is 10.9 Å². The zero-order chi connectivity index (χ0) is 11.4. The minimum Gasteiger partial charge on any atom is -0.409 e. The molecule has 0 aliphatic heterocycles. The van der Waals surface area contributed by atoms with Crippen LogP contribution in [-0.4, -0.2) is 16.3 Å². The van der Waals surface area contributed by atoms with Crippen LogP contribution in [0.25, 0.3) is 0 Å². The molecule has 0 aromatic heterocycles. The number of halogens is 1. The highest BCUT2D eigenvalue weighted by atomic mass is 35.5. The van der Waals surface area contributed by atoms with Gasteiger partial charge in [0.05, 0.1) is 10.6 Å². The van der Waals surface area contributed by atoms with Crippen molar-refractivity contribution in [1.29, 1.82) is 0 Å². The van der Waals surface area contributed by atoms with Crippen molar-refractivity contribution in [2.45, 2.75) is 24.0 Å². The highest BCUT2D eigenvalue weighted by Crippen LogP contribution is 2.30. The third-order valence-electron chi connectivity index (χ3n) is 1.70. The first-order valence-corrected chi connectivity index (χ1v) is 5.75. The van der Waals surface area contributed by atoms with Crippen molar-refractivity contribution in [1.82, 2.24) is 0 Å². The number of hydrogen-bond acceptors (Lipinski definition) is 3. The first-order valence-electron chi connectivity index (χ1n) is 4.49. The quantitative estimate of drug-likeness (QED) is 0.283. The third-order valence-corrected chi connectivity index (χ3v) is 3.08. The Kier molecular flexibility index (Phi) is 4.29. The Bertz CT molecular complexity index is 380. The molecule has 0 amide bonds. The molecule has 0 spiro atoms. The summed E-state index contributed by atoms with van der Waals surface area (Å²) in [4.78, 5) is 0.924. The number of benzene rings is 1. The largest absolute Gasteiger partial charge is 0.409 e. The number of amidine groups is 1. The maximum atomic E-state index is 8.67. The Morgan fingerprint density at radius 2 is 2.20 bits per heavy atom. The lowest BCUT2D eigenvalue weighted by molar-refractivity contribution is 0.318. The molecule has 0 saturated heterocycles. The van der Waals surface area contributed by atoms with Crippen molar-refractivity contribution in [3.8, 4) is 0 Å². The minimum absolute atomic E-state index is 0.0451. The van der Waals surface area contributed by atoms with Gasteiger partial charge in [-0.05, 0) is 12.1 Å². The standard InChI is InChI=1S/C10H13ClN2OS/c1-6(2)15-8-5-3-4-7(11)9(8)10(12)13-14/h3-6,14H,1-2H3,(H2,12,13). The molecular weight excluding hydrogens is 232 g/mol. The first kappa shape index (κ1) is 12.2. The molecule has 0 atom stereocenters. The Morgan fingerprint density at radius 3 is 2.73 bits per heavy atom. The highest BCUT2D eigenvalue weighted by Gasteiger charge is 2.12. The van der Waals surface area contributed by atoms with E-state index in [0.717, 1.165) is 4.90 Å². The van der Waals surface area contributed by atoms with Gasteiger partial charge in [0.15, 0.2) is 5.84 Å². The van der Waals surface area contributed by atoms with Crippen LogP contribution in [0.2, 0.25) is 5.02 Å². The molecular formula is C10H13ClN2OS. The van der Waals surface area contributed by atoms with Crippen LogP contribution < -0.4 is 5.73 Å². The molecule has 0 bridgehead atoms. The monoisotopic (exact) mass is 244 g/mol. The SMILES string of the molecule is CC(C)Sc1cccc(Cl)c1C(N)=NO. The average Bonchev–Trinajstić information content (AvgIpc) is 2.16. The number of thioether (sulfide) groups is 1. The maximum absolute atomic E-state index is 8.67. The van der Waals surface area contributed by atoms with E-state index in [0.29, 0.717) is 15.8 Å². The molecule has 0 fully saturated rings. The fourth-order valence-electron chi connectivity index (χ4n) is 1.16. The zero-order valence-electron chi connectivity index (χ0n) is 8.57. The molecule has 82 valence electrons. The fourth-order valence-corrected chi connectivity index (χ4v) is 2.48. The van der Waals surface area contributed by atoms with Crippen molar-refractivity contribution < 1.29 is 5.21 Å². The first-order chi connectivity index (χ1) is 7.06. The van der Waals surface area contributed by atoms with Crippen LogP contribution in [0.5, 0.6) is 0 Å². The number of oxime groups is 1. The summed E-state index contributed by atoms with van der Waals surface area (Å²) < 4.78 is 0. The van der Waals surface area contributed by atoms with Crippen LogP contribution in [-0.2, 0) is 0 Å². The summed E-state index contributed by atoms with van der Waals surface area (Å²) >= 11 is 7.63. The van der Waals surface area contributed by atoms with E-state index in [1.54, 1.807) is 17.8 Å². The van der Waals surface area contributed by atoms with Gasteiger partial charge in [0, 0.05) is 10.1 Å². The molecule has 0 unspecified atom stereocenters. The van der Waals surface area contributed by atoms with Gasteiger partial charge in [-0.3, -0.25) is 0 Å². The second-order valence-electron chi connectivity index (χ2n) is 3.26. The second-order valence-corrected chi connectivity index (χ2v) is 5.29. The molecule has 1 rings (SSSR count). The summed E-state index contributed by atoms with van der Waals surface area (Å²) in [5, 5.41) is 12.6. The molecule has 3 N–H and O–H groups in total. The van der Waals surface area contributed by atoms with Crippen LogP contribution in [0.1, 0.15) is 19.4 Å². The van der Waals surface area contributed by atoms with Crippen LogP contribution in [0.15, 0.2) is 28.3 Å². The smallest absolute Gasteiger partial charge is 0.172 e.